The third-order valence-corrected chi connectivity index (χ3v) is 3.21. The quantitative estimate of drug-likeness (QED) is 0.787. The molecule has 1 N–H and O–H groups in total. The molecule has 3 rings (SSSR count). The van der Waals surface area contributed by atoms with Gasteiger partial charge in [-0.05, 0) is 17.7 Å². The summed E-state index contributed by atoms with van der Waals surface area (Å²) in [6, 6.07) is 7.78. The van der Waals surface area contributed by atoms with E-state index in [2.05, 4.69) is 31.0 Å². The van der Waals surface area contributed by atoms with Gasteiger partial charge in [0.15, 0.2) is 5.52 Å². The summed E-state index contributed by atoms with van der Waals surface area (Å²) in [5.74, 6) is 0. The largest absolute Gasteiger partial charge is 0.343 e. The first-order valence-corrected chi connectivity index (χ1v) is 6.17. The predicted molar refractivity (Wildman–Crippen MR) is 71.4 cm³/mol. The maximum absolute atomic E-state index is 12.1. The van der Waals surface area contributed by atoms with Crippen molar-refractivity contribution < 1.29 is 0 Å². The van der Waals surface area contributed by atoms with Crippen LogP contribution >= 0.6 is 15.9 Å². The van der Waals surface area contributed by atoms with Gasteiger partial charge in [0.1, 0.15) is 0 Å². The molecule has 2 heterocycles. The maximum Gasteiger partial charge on any atom is 0.295 e. The molecule has 0 aliphatic carbocycles. The zero-order chi connectivity index (χ0) is 12.5. The second kappa shape index (κ2) is 4.38. The van der Waals surface area contributed by atoms with Crippen LogP contribution < -0.4 is 5.56 Å². The summed E-state index contributed by atoms with van der Waals surface area (Å²) in [4.78, 5) is 18.9. The monoisotopic (exact) mass is 304 g/mol. The molecule has 5 nitrogen and oxygen atoms in total. The van der Waals surface area contributed by atoms with E-state index < -0.39 is 0 Å². The van der Waals surface area contributed by atoms with Crippen molar-refractivity contribution in [2.24, 2.45) is 0 Å². The number of rotatable bonds is 2. The minimum atomic E-state index is -0.184. The smallest absolute Gasteiger partial charge is 0.295 e. The molecule has 0 atom stereocenters. The van der Waals surface area contributed by atoms with Crippen LogP contribution in [0.1, 0.15) is 5.56 Å². The summed E-state index contributed by atoms with van der Waals surface area (Å²) in [5.41, 5.74) is 1.91. The zero-order valence-electron chi connectivity index (χ0n) is 9.30. The van der Waals surface area contributed by atoms with Gasteiger partial charge in [-0.3, -0.25) is 4.79 Å². The van der Waals surface area contributed by atoms with Crippen LogP contribution in [0.4, 0.5) is 0 Å². The number of nitrogens with zero attached hydrogens (tertiary/aromatic N) is 3. The van der Waals surface area contributed by atoms with Gasteiger partial charge in [0.2, 0.25) is 0 Å². The van der Waals surface area contributed by atoms with Gasteiger partial charge in [-0.1, -0.05) is 28.1 Å². The summed E-state index contributed by atoms with van der Waals surface area (Å²) in [5, 5.41) is 4.12. The highest BCUT2D eigenvalue weighted by atomic mass is 79.9. The van der Waals surface area contributed by atoms with E-state index in [9.17, 15) is 4.79 Å². The van der Waals surface area contributed by atoms with Crippen LogP contribution in [0.2, 0.25) is 0 Å². The van der Waals surface area contributed by atoms with Crippen LogP contribution in [0.3, 0.4) is 0 Å². The lowest BCUT2D eigenvalue weighted by Crippen LogP contribution is -2.23. The fourth-order valence-electron chi connectivity index (χ4n) is 1.75. The Balaban J connectivity index is 2.02. The number of nitrogens with one attached hydrogen (secondary N) is 1. The maximum atomic E-state index is 12.1. The summed E-state index contributed by atoms with van der Waals surface area (Å²) >= 11 is 3.37. The molecule has 0 spiro atoms. The lowest BCUT2D eigenvalue weighted by Gasteiger charge is -2.04. The van der Waals surface area contributed by atoms with Crippen molar-refractivity contribution in [2.75, 3.05) is 0 Å². The number of halogens is 1. The van der Waals surface area contributed by atoms with Gasteiger partial charge in [-0.15, -0.1) is 0 Å². The van der Waals surface area contributed by atoms with Crippen molar-refractivity contribution in [3.63, 3.8) is 0 Å². The molecule has 0 aliphatic rings. The number of hydrogen-bond acceptors (Lipinski definition) is 3. The van der Waals surface area contributed by atoms with E-state index in [0.29, 0.717) is 17.6 Å². The summed E-state index contributed by atoms with van der Waals surface area (Å²) < 4.78 is 2.42. The van der Waals surface area contributed by atoms with Crippen LogP contribution in [0.25, 0.3) is 11.0 Å². The third-order valence-electron chi connectivity index (χ3n) is 2.68. The van der Waals surface area contributed by atoms with Crippen LogP contribution in [0, 0.1) is 0 Å². The summed E-state index contributed by atoms with van der Waals surface area (Å²) in [6.07, 6.45) is 3.11. The lowest BCUT2D eigenvalue weighted by atomic mass is 10.2. The van der Waals surface area contributed by atoms with E-state index in [4.69, 9.17) is 0 Å². The van der Waals surface area contributed by atoms with E-state index in [1.807, 2.05) is 24.3 Å². The highest BCUT2D eigenvalue weighted by Gasteiger charge is 2.06. The minimum absolute atomic E-state index is 0.184. The molecule has 2 aromatic heterocycles. The molecule has 0 radical (unpaired) electrons. The molecular formula is C12H9BrN4O. The molecule has 0 amide bonds. The van der Waals surface area contributed by atoms with Gasteiger partial charge < -0.3 is 4.98 Å². The standard InChI is InChI=1S/C12H9BrN4O/c13-9-3-1-8(2-4-9)6-17-12(18)11-10(5-16-17)14-7-15-11/h1-5,7H,6H2,(H,14,15). The van der Waals surface area contributed by atoms with Gasteiger partial charge in [0, 0.05) is 4.47 Å². The average Bonchev–Trinajstić information content (AvgIpc) is 2.84. The number of H-pyrrole nitrogens is 1. The van der Waals surface area contributed by atoms with Crippen molar-refractivity contribution in [1.29, 1.82) is 0 Å². The summed E-state index contributed by atoms with van der Waals surface area (Å²) in [7, 11) is 0. The molecule has 6 heteroatoms. The van der Waals surface area contributed by atoms with E-state index >= 15 is 0 Å². The normalized spacial score (nSPS) is 10.9. The van der Waals surface area contributed by atoms with Gasteiger partial charge >= 0.3 is 0 Å². The number of imidazole rings is 1. The average molecular weight is 305 g/mol. The van der Waals surface area contributed by atoms with Crippen molar-refractivity contribution in [2.45, 2.75) is 6.54 Å². The molecule has 90 valence electrons. The zero-order valence-corrected chi connectivity index (χ0v) is 10.9. The molecule has 0 aliphatic heterocycles. The number of hydrogen-bond donors (Lipinski definition) is 1. The van der Waals surface area contributed by atoms with E-state index in [1.54, 1.807) is 6.20 Å². The van der Waals surface area contributed by atoms with Crippen LogP contribution in [-0.2, 0) is 6.54 Å². The van der Waals surface area contributed by atoms with Crippen LogP contribution in [-0.4, -0.2) is 19.7 Å². The molecular weight excluding hydrogens is 296 g/mol. The highest BCUT2D eigenvalue weighted by Crippen LogP contribution is 2.11. The number of aromatic nitrogens is 4. The van der Waals surface area contributed by atoms with Crippen molar-refractivity contribution in [3.8, 4) is 0 Å². The Labute approximate surface area is 111 Å². The topological polar surface area (TPSA) is 63.6 Å². The highest BCUT2D eigenvalue weighted by molar-refractivity contribution is 9.10. The van der Waals surface area contributed by atoms with Crippen LogP contribution in [0.15, 0.2) is 46.1 Å². The van der Waals surface area contributed by atoms with E-state index in [-0.39, 0.29) is 5.56 Å². The fraction of sp³-hybridized carbons (Fsp3) is 0.0833. The minimum Gasteiger partial charge on any atom is -0.343 e. The Morgan fingerprint density at radius 2 is 2.06 bits per heavy atom. The van der Waals surface area contributed by atoms with Crippen molar-refractivity contribution >= 4 is 27.0 Å². The fourth-order valence-corrected chi connectivity index (χ4v) is 2.01. The number of fused-ring (bicyclic) bond motifs is 1. The van der Waals surface area contributed by atoms with Gasteiger partial charge in [-0.25, -0.2) is 9.67 Å². The Hall–Kier alpha value is -1.95. The molecule has 0 bridgehead atoms. The van der Waals surface area contributed by atoms with E-state index in [0.717, 1.165) is 10.0 Å². The number of benzene rings is 1. The van der Waals surface area contributed by atoms with E-state index in [1.165, 1.54) is 11.0 Å². The third kappa shape index (κ3) is 1.95. The first kappa shape index (κ1) is 11.2. The second-order valence-corrected chi connectivity index (χ2v) is 4.81. The Bertz CT molecular complexity index is 745. The molecule has 0 saturated carbocycles. The molecule has 18 heavy (non-hydrogen) atoms. The van der Waals surface area contributed by atoms with Crippen molar-refractivity contribution in [1.82, 2.24) is 19.7 Å². The van der Waals surface area contributed by atoms with Gasteiger partial charge in [-0.2, -0.15) is 5.10 Å². The molecule has 3 aromatic rings. The Morgan fingerprint density at radius 1 is 1.28 bits per heavy atom. The Morgan fingerprint density at radius 3 is 2.83 bits per heavy atom. The molecule has 0 saturated heterocycles. The van der Waals surface area contributed by atoms with Crippen molar-refractivity contribution in [3.05, 3.63) is 57.2 Å². The summed E-state index contributed by atoms with van der Waals surface area (Å²) in [6.45, 7) is 0.439. The first-order valence-electron chi connectivity index (χ1n) is 5.38. The SMILES string of the molecule is O=c1c2nc[nH]c2cnn1Cc1ccc(Br)cc1. The molecule has 0 unspecified atom stereocenters. The lowest BCUT2D eigenvalue weighted by molar-refractivity contribution is 0.646. The predicted octanol–water partition coefficient (Wildman–Crippen LogP) is 1.93. The molecule has 1 aromatic carbocycles. The molecule has 0 fully saturated rings. The first-order chi connectivity index (χ1) is 8.74. The van der Waals surface area contributed by atoms with Crippen LogP contribution in [0.5, 0.6) is 0 Å². The Kier molecular flexibility index (Phi) is 2.71. The van der Waals surface area contributed by atoms with Gasteiger partial charge in [0.25, 0.3) is 5.56 Å². The van der Waals surface area contributed by atoms with Gasteiger partial charge in [0.05, 0.1) is 24.6 Å². The second-order valence-electron chi connectivity index (χ2n) is 3.90. The number of aromatic amines is 1.